The first kappa shape index (κ1) is 14.8. The molecule has 21 heavy (non-hydrogen) atoms. The number of piperazine rings is 1. The number of likely N-dealkylation sites (N-methyl/N-ethyl adjacent to an activating group) is 1. The lowest BCUT2D eigenvalue weighted by molar-refractivity contribution is 0.213. The van der Waals surface area contributed by atoms with Crippen molar-refractivity contribution in [2.75, 3.05) is 38.1 Å². The Morgan fingerprint density at radius 2 is 2.24 bits per heavy atom. The first-order chi connectivity index (χ1) is 10.2. The SMILES string of the molecule is CCNCc1c(N2CCN(C)C(CC)C2)nc2sccn12. The highest BCUT2D eigenvalue weighted by molar-refractivity contribution is 7.15. The van der Waals surface area contributed by atoms with Crippen molar-refractivity contribution in [2.24, 2.45) is 0 Å². The van der Waals surface area contributed by atoms with Gasteiger partial charge in [-0.05, 0) is 20.0 Å². The molecule has 0 aromatic carbocycles. The molecular weight excluding hydrogens is 282 g/mol. The summed E-state index contributed by atoms with van der Waals surface area (Å²) < 4.78 is 2.24. The summed E-state index contributed by atoms with van der Waals surface area (Å²) in [4.78, 5) is 10.9. The molecule has 1 N–H and O–H groups in total. The summed E-state index contributed by atoms with van der Waals surface area (Å²) in [6, 6.07) is 0.630. The lowest BCUT2D eigenvalue weighted by Crippen LogP contribution is -2.51. The van der Waals surface area contributed by atoms with Gasteiger partial charge in [-0.2, -0.15) is 0 Å². The van der Waals surface area contributed by atoms with Crippen LogP contribution in [0.3, 0.4) is 0 Å². The van der Waals surface area contributed by atoms with Crippen LogP contribution >= 0.6 is 11.3 Å². The first-order valence-corrected chi connectivity index (χ1v) is 8.72. The van der Waals surface area contributed by atoms with Gasteiger partial charge in [-0.3, -0.25) is 9.30 Å². The quantitative estimate of drug-likeness (QED) is 0.917. The topological polar surface area (TPSA) is 35.8 Å². The second-order valence-corrected chi connectivity index (χ2v) is 6.58. The maximum absolute atomic E-state index is 4.89. The molecule has 0 aliphatic carbocycles. The van der Waals surface area contributed by atoms with Gasteiger partial charge in [0.1, 0.15) is 0 Å². The van der Waals surface area contributed by atoms with Crippen LogP contribution < -0.4 is 10.2 Å². The van der Waals surface area contributed by atoms with E-state index in [2.05, 4.69) is 52.0 Å². The Kier molecular flexibility index (Phi) is 4.47. The standard InChI is InChI=1S/C15H25N5S/c1-4-12-11-19(7-6-18(12)3)14-13(10-16-5-2)20-8-9-21-15(20)17-14/h8-9,12,16H,4-7,10-11H2,1-3H3. The fourth-order valence-electron chi connectivity index (χ4n) is 3.06. The van der Waals surface area contributed by atoms with E-state index >= 15 is 0 Å². The van der Waals surface area contributed by atoms with Crippen molar-refractivity contribution in [3.63, 3.8) is 0 Å². The van der Waals surface area contributed by atoms with Gasteiger partial charge in [0.2, 0.25) is 0 Å². The van der Waals surface area contributed by atoms with Gasteiger partial charge in [0.15, 0.2) is 10.8 Å². The molecule has 0 bridgehead atoms. The van der Waals surface area contributed by atoms with Gasteiger partial charge >= 0.3 is 0 Å². The van der Waals surface area contributed by atoms with E-state index < -0.39 is 0 Å². The second kappa shape index (κ2) is 6.34. The third-order valence-corrected chi connectivity index (χ3v) is 5.19. The molecule has 2 aromatic heterocycles. The lowest BCUT2D eigenvalue weighted by atomic mass is 10.1. The molecule has 1 unspecified atom stereocenters. The summed E-state index contributed by atoms with van der Waals surface area (Å²) in [5.41, 5.74) is 1.30. The van der Waals surface area contributed by atoms with Gasteiger partial charge in [0.25, 0.3) is 0 Å². The maximum atomic E-state index is 4.89. The Morgan fingerprint density at radius 3 is 3.00 bits per heavy atom. The number of hydrogen-bond acceptors (Lipinski definition) is 5. The first-order valence-electron chi connectivity index (χ1n) is 7.84. The molecule has 0 spiro atoms. The molecule has 1 saturated heterocycles. The number of nitrogens with zero attached hydrogens (tertiary/aromatic N) is 4. The third kappa shape index (κ3) is 2.80. The minimum absolute atomic E-state index is 0.630. The lowest BCUT2D eigenvalue weighted by Gasteiger charge is -2.39. The molecule has 1 aliphatic rings. The molecule has 3 heterocycles. The Balaban J connectivity index is 1.90. The highest BCUT2D eigenvalue weighted by Crippen LogP contribution is 2.27. The smallest absolute Gasteiger partial charge is 0.195 e. The van der Waals surface area contributed by atoms with E-state index in [1.165, 1.54) is 17.9 Å². The van der Waals surface area contributed by atoms with Gasteiger partial charge in [-0.15, -0.1) is 11.3 Å². The van der Waals surface area contributed by atoms with Crippen LogP contribution in [-0.2, 0) is 6.54 Å². The molecular formula is C15H25N5S. The molecule has 1 fully saturated rings. The van der Waals surface area contributed by atoms with Gasteiger partial charge in [-0.25, -0.2) is 4.98 Å². The summed E-state index contributed by atoms with van der Waals surface area (Å²) in [6.07, 6.45) is 3.33. The molecule has 0 radical (unpaired) electrons. The zero-order valence-corrected chi connectivity index (χ0v) is 14.0. The fourth-order valence-corrected chi connectivity index (χ4v) is 3.79. The zero-order valence-electron chi connectivity index (χ0n) is 13.2. The van der Waals surface area contributed by atoms with E-state index in [1.54, 1.807) is 11.3 Å². The van der Waals surface area contributed by atoms with Crippen molar-refractivity contribution in [1.82, 2.24) is 19.6 Å². The van der Waals surface area contributed by atoms with Gasteiger partial charge in [0.05, 0.1) is 5.69 Å². The third-order valence-electron chi connectivity index (χ3n) is 4.43. The van der Waals surface area contributed by atoms with Crippen LogP contribution in [0.25, 0.3) is 4.96 Å². The van der Waals surface area contributed by atoms with Crippen LogP contribution in [0.4, 0.5) is 5.82 Å². The number of rotatable bonds is 5. The predicted molar refractivity (Wildman–Crippen MR) is 89.4 cm³/mol. The highest BCUT2D eigenvalue weighted by Gasteiger charge is 2.27. The van der Waals surface area contributed by atoms with Crippen molar-refractivity contribution in [3.8, 4) is 0 Å². The van der Waals surface area contributed by atoms with Gasteiger partial charge in [-0.1, -0.05) is 13.8 Å². The minimum Gasteiger partial charge on any atom is -0.352 e. The van der Waals surface area contributed by atoms with E-state index in [9.17, 15) is 0 Å². The van der Waals surface area contributed by atoms with E-state index in [1.807, 2.05) is 0 Å². The Labute approximate surface area is 130 Å². The minimum atomic E-state index is 0.630. The van der Waals surface area contributed by atoms with Crippen LogP contribution in [0.2, 0.25) is 0 Å². The van der Waals surface area contributed by atoms with Crippen molar-refractivity contribution < 1.29 is 0 Å². The van der Waals surface area contributed by atoms with Crippen molar-refractivity contribution in [3.05, 3.63) is 17.3 Å². The van der Waals surface area contributed by atoms with E-state index in [0.29, 0.717) is 6.04 Å². The largest absolute Gasteiger partial charge is 0.352 e. The molecule has 6 heteroatoms. The van der Waals surface area contributed by atoms with Crippen LogP contribution in [0.1, 0.15) is 26.0 Å². The number of thiazole rings is 1. The molecule has 1 atom stereocenters. The summed E-state index contributed by atoms with van der Waals surface area (Å²) >= 11 is 1.71. The summed E-state index contributed by atoms with van der Waals surface area (Å²) in [5.74, 6) is 1.18. The Bertz CT molecular complexity index is 590. The van der Waals surface area contributed by atoms with E-state index in [4.69, 9.17) is 4.98 Å². The summed E-state index contributed by atoms with van der Waals surface area (Å²) in [5, 5.41) is 5.56. The van der Waals surface area contributed by atoms with Crippen LogP contribution in [-0.4, -0.2) is 53.6 Å². The molecule has 116 valence electrons. The zero-order chi connectivity index (χ0) is 14.8. The van der Waals surface area contributed by atoms with Crippen molar-refractivity contribution in [1.29, 1.82) is 0 Å². The van der Waals surface area contributed by atoms with E-state index in [0.717, 1.165) is 37.7 Å². The second-order valence-electron chi connectivity index (χ2n) is 5.71. The number of aromatic nitrogens is 2. The number of nitrogens with one attached hydrogen (secondary N) is 1. The van der Waals surface area contributed by atoms with Crippen molar-refractivity contribution in [2.45, 2.75) is 32.9 Å². The molecule has 0 amide bonds. The Morgan fingerprint density at radius 1 is 1.38 bits per heavy atom. The molecule has 5 nitrogen and oxygen atoms in total. The molecule has 2 aromatic rings. The van der Waals surface area contributed by atoms with Crippen LogP contribution in [0, 0.1) is 0 Å². The van der Waals surface area contributed by atoms with Crippen LogP contribution in [0.15, 0.2) is 11.6 Å². The average Bonchev–Trinajstić information content (AvgIpc) is 3.07. The average molecular weight is 307 g/mol. The summed E-state index contributed by atoms with van der Waals surface area (Å²) in [7, 11) is 2.23. The normalized spacial score (nSPS) is 20.5. The fraction of sp³-hybridized carbons (Fsp3) is 0.667. The summed E-state index contributed by atoms with van der Waals surface area (Å²) in [6.45, 7) is 9.55. The number of fused-ring (bicyclic) bond motifs is 1. The number of anilines is 1. The number of imidazole rings is 1. The monoisotopic (exact) mass is 307 g/mol. The van der Waals surface area contributed by atoms with Gasteiger partial charge in [0, 0.05) is 43.8 Å². The molecule has 0 saturated carbocycles. The molecule has 1 aliphatic heterocycles. The van der Waals surface area contributed by atoms with Gasteiger partial charge < -0.3 is 10.2 Å². The van der Waals surface area contributed by atoms with Crippen molar-refractivity contribution >= 4 is 22.1 Å². The highest BCUT2D eigenvalue weighted by atomic mass is 32.1. The molecule has 3 rings (SSSR count). The number of hydrogen-bond donors (Lipinski definition) is 1. The van der Waals surface area contributed by atoms with E-state index in [-0.39, 0.29) is 0 Å². The van der Waals surface area contributed by atoms with Crippen LogP contribution in [0.5, 0.6) is 0 Å². The Hall–Kier alpha value is -1.11. The predicted octanol–water partition coefficient (Wildman–Crippen LogP) is 2.04. The maximum Gasteiger partial charge on any atom is 0.195 e.